The molecule has 4 heteroatoms. The molecule has 1 aliphatic rings. The van der Waals surface area contributed by atoms with Gasteiger partial charge in [-0.2, -0.15) is 0 Å². The number of halogens is 3. The van der Waals surface area contributed by atoms with E-state index in [9.17, 15) is 8.78 Å². The molecule has 2 N–H and O–H groups in total. The highest BCUT2D eigenvalue weighted by molar-refractivity contribution is 9.10. The summed E-state index contributed by atoms with van der Waals surface area (Å²) in [5, 5.41) is 0. The highest BCUT2D eigenvalue weighted by atomic mass is 79.9. The van der Waals surface area contributed by atoms with Gasteiger partial charge in [-0.1, -0.05) is 15.9 Å². The van der Waals surface area contributed by atoms with E-state index in [0.717, 1.165) is 12.8 Å². The van der Waals surface area contributed by atoms with Gasteiger partial charge in [0.25, 0.3) is 0 Å². The van der Waals surface area contributed by atoms with Crippen LogP contribution in [0.4, 0.5) is 8.78 Å². The highest BCUT2D eigenvalue weighted by Crippen LogP contribution is 2.49. The lowest BCUT2D eigenvalue weighted by Crippen LogP contribution is -2.22. The predicted molar refractivity (Wildman–Crippen MR) is 54.0 cm³/mol. The fourth-order valence-electron chi connectivity index (χ4n) is 1.76. The monoisotopic (exact) mass is 261 g/mol. The van der Waals surface area contributed by atoms with E-state index in [0.29, 0.717) is 11.0 Å². The van der Waals surface area contributed by atoms with Gasteiger partial charge in [0, 0.05) is 22.0 Å². The maximum atomic E-state index is 13.5. The van der Waals surface area contributed by atoms with Crippen LogP contribution in [0.5, 0.6) is 0 Å². The van der Waals surface area contributed by atoms with Gasteiger partial charge in [0.05, 0.1) is 0 Å². The van der Waals surface area contributed by atoms with Crippen LogP contribution in [0.2, 0.25) is 0 Å². The predicted octanol–water partition coefficient (Wildman–Crippen LogP) is 2.72. The van der Waals surface area contributed by atoms with Crippen molar-refractivity contribution < 1.29 is 8.78 Å². The fourth-order valence-corrected chi connectivity index (χ4v) is 2.16. The average Bonchev–Trinajstić information content (AvgIpc) is 2.83. The van der Waals surface area contributed by atoms with Crippen molar-refractivity contribution in [2.45, 2.75) is 18.3 Å². The Morgan fingerprint density at radius 2 is 1.79 bits per heavy atom. The molecule has 1 aromatic rings. The zero-order valence-electron chi connectivity index (χ0n) is 7.49. The van der Waals surface area contributed by atoms with E-state index in [-0.39, 0.29) is 5.56 Å². The van der Waals surface area contributed by atoms with Crippen molar-refractivity contribution in [3.63, 3.8) is 0 Å². The van der Waals surface area contributed by atoms with Gasteiger partial charge in [-0.25, -0.2) is 8.78 Å². The number of nitrogens with two attached hydrogens (primary N) is 1. The summed E-state index contributed by atoms with van der Waals surface area (Å²) in [4.78, 5) is 0. The smallest absolute Gasteiger partial charge is 0.131 e. The maximum Gasteiger partial charge on any atom is 0.131 e. The molecule has 0 radical (unpaired) electrons. The molecule has 0 bridgehead atoms. The molecule has 1 nitrogen and oxygen atoms in total. The molecule has 0 aromatic heterocycles. The Balaban J connectivity index is 2.53. The molecular formula is C10H10BrF2N. The molecule has 1 aromatic carbocycles. The Kier molecular flexibility index (Phi) is 2.35. The minimum Gasteiger partial charge on any atom is -0.330 e. The Labute approximate surface area is 89.4 Å². The van der Waals surface area contributed by atoms with E-state index >= 15 is 0 Å². The molecule has 0 spiro atoms. The minimum absolute atomic E-state index is 0.156. The average molecular weight is 262 g/mol. The number of rotatable bonds is 2. The molecule has 0 amide bonds. The molecule has 1 aliphatic carbocycles. The molecule has 0 atom stereocenters. The first kappa shape index (κ1) is 10.1. The Hall–Kier alpha value is -0.480. The normalized spacial score (nSPS) is 18.3. The van der Waals surface area contributed by atoms with Crippen molar-refractivity contribution in [1.82, 2.24) is 0 Å². The summed E-state index contributed by atoms with van der Waals surface area (Å²) in [5.74, 6) is -1.00. The third kappa shape index (κ3) is 1.46. The van der Waals surface area contributed by atoms with E-state index in [1.807, 2.05) is 0 Å². The Bertz CT molecular complexity index is 351. The van der Waals surface area contributed by atoms with Gasteiger partial charge < -0.3 is 5.73 Å². The van der Waals surface area contributed by atoms with Crippen LogP contribution in [-0.4, -0.2) is 6.54 Å². The first-order valence-corrected chi connectivity index (χ1v) is 5.23. The van der Waals surface area contributed by atoms with Crippen molar-refractivity contribution in [2.75, 3.05) is 6.54 Å². The van der Waals surface area contributed by atoms with E-state index in [1.165, 1.54) is 12.1 Å². The summed E-state index contributed by atoms with van der Waals surface area (Å²) in [5.41, 5.74) is 5.25. The molecule has 1 fully saturated rings. The van der Waals surface area contributed by atoms with Gasteiger partial charge >= 0.3 is 0 Å². The Morgan fingerprint density at radius 3 is 2.14 bits per heavy atom. The van der Waals surface area contributed by atoms with Gasteiger partial charge in [-0.15, -0.1) is 0 Å². The zero-order valence-corrected chi connectivity index (χ0v) is 9.07. The first-order chi connectivity index (χ1) is 6.59. The van der Waals surface area contributed by atoms with Crippen LogP contribution in [0.3, 0.4) is 0 Å². The van der Waals surface area contributed by atoms with Crippen molar-refractivity contribution >= 4 is 15.9 Å². The SMILES string of the molecule is NCC1(c2c(F)cc(Br)cc2F)CC1. The van der Waals surface area contributed by atoms with Crippen LogP contribution >= 0.6 is 15.9 Å². The molecule has 76 valence electrons. The molecule has 0 heterocycles. The standard InChI is InChI=1S/C10H10BrF2N/c11-6-3-7(12)9(8(13)4-6)10(5-14)1-2-10/h3-4H,1-2,5,14H2. The molecule has 0 saturated heterocycles. The van der Waals surface area contributed by atoms with Crippen molar-refractivity contribution in [3.8, 4) is 0 Å². The molecular weight excluding hydrogens is 252 g/mol. The summed E-state index contributed by atoms with van der Waals surface area (Å²) in [6.45, 7) is 0.308. The zero-order chi connectivity index (χ0) is 10.3. The minimum atomic E-state index is -0.500. The van der Waals surface area contributed by atoms with E-state index in [2.05, 4.69) is 15.9 Å². The first-order valence-electron chi connectivity index (χ1n) is 4.44. The second kappa shape index (κ2) is 3.28. The summed E-state index contributed by atoms with van der Waals surface area (Å²) in [6, 6.07) is 2.57. The summed E-state index contributed by atoms with van der Waals surface area (Å²) >= 11 is 3.04. The quantitative estimate of drug-likeness (QED) is 0.871. The third-order valence-corrected chi connectivity index (χ3v) is 3.24. The van der Waals surface area contributed by atoms with Gasteiger partial charge in [-0.3, -0.25) is 0 Å². The Morgan fingerprint density at radius 1 is 1.29 bits per heavy atom. The molecule has 2 rings (SSSR count). The van der Waals surface area contributed by atoms with Crippen LogP contribution in [0, 0.1) is 11.6 Å². The largest absolute Gasteiger partial charge is 0.330 e. The maximum absolute atomic E-state index is 13.5. The van der Waals surface area contributed by atoms with Gasteiger partial charge in [0.15, 0.2) is 0 Å². The van der Waals surface area contributed by atoms with Crippen LogP contribution < -0.4 is 5.73 Å². The topological polar surface area (TPSA) is 26.0 Å². The van der Waals surface area contributed by atoms with Crippen LogP contribution in [0.1, 0.15) is 18.4 Å². The summed E-state index contributed by atoms with van der Waals surface area (Å²) in [7, 11) is 0. The highest BCUT2D eigenvalue weighted by Gasteiger charge is 2.46. The number of hydrogen-bond donors (Lipinski definition) is 1. The van der Waals surface area contributed by atoms with Gasteiger partial charge in [0.1, 0.15) is 11.6 Å². The molecule has 14 heavy (non-hydrogen) atoms. The lowest BCUT2D eigenvalue weighted by atomic mass is 9.95. The van der Waals surface area contributed by atoms with E-state index in [1.54, 1.807) is 0 Å². The summed E-state index contributed by atoms with van der Waals surface area (Å²) in [6.07, 6.45) is 1.55. The molecule has 1 saturated carbocycles. The fraction of sp³-hybridized carbons (Fsp3) is 0.400. The third-order valence-electron chi connectivity index (χ3n) is 2.78. The van der Waals surface area contributed by atoms with E-state index in [4.69, 9.17) is 5.73 Å². The van der Waals surface area contributed by atoms with Crippen molar-refractivity contribution in [2.24, 2.45) is 5.73 Å². The van der Waals surface area contributed by atoms with Crippen LogP contribution in [0.25, 0.3) is 0 Å². The molecule has 0 unspecified atom stereocenters. The lowest BCUT2D eigenvalue weighted by Gasteiger charge is -2.14. The second-order valence-corrected chi connectivity index (χ2v) is 4.64. The van der Waals surface area contributed by atoms with Gasteiger partial charge in [-0.05, 0) is 25.0 Å². The number of benzene rings is 1. The van der Waals surface area contributed by atoms with Crippen molar-refractivity contribution in [3.05, 3.63) is 33.8 Å². The van der Waals surface area contributed by atoms with Crippen LogP contribution in [-0.2, 0) is 5.41 Å². The lowest BCUT2D eigenvalue weighted by molar-refractivity contribution is 0.516. The molecule has 0 aliphatic heterocycles. The second-order valence-electron chi connectivity index (χ2n) is 3.73. The van der Waals surface area contributed by atoms with E-state index < -0.39 is 17.0 Å². The van der Waals surface area contributed by atoms with Gasteiger partial charge in [0.2, 0.25) is 0 Å². The number of hydrogen-bond acceptors (Lipinski definition) is 1. The summed E-state index contributed by atoms with van der Waals surface area (Å²) < 4.78 is 27.4. The van der Waals surface area contributed by atoms with Crippen LogP contribution in [0.15, 0.2) is 16.6 Å². The van der Waals surface area contributed by atoms with Crippen molar-refractivity contribution in [1.29, 1.82) is 0 Å².